The van der Waals surface area contributed by atoms with E-state index in [9.17, 15) is 4.79 Å². The number of piperidine rings is 1. The Labute approximate surface area is 160 Å². The van der Waals surface area contributed by atoms with E-state index in [1.54, 1.807) is 0 Å². The summed E-state index contributed by atoms with van der Waals surface area (Å²) < 4.78 is 2.10. The van der Waals surface area contributed by atoms with Gasteiger partial charge in [0.1, 0.15) is 5.82 Å². The smallest absolute Gasteiger partial charge is 0.234 e. The van der Waals surface area contributed by atoms with Crippen LogP contribution in [-0.4, -0.2) is 33.4 Å². The molecule has 138 valence electrons. The fourth-order valence-electron chi connectivity index (χ4n) is 4.08. The van der Waals surface area contributed by atoms with Crippen LogP contribution in [0.25, 0.3) is 0 Å². The average Bonchev–Trinajstić information content (AvgIpc) is 3.16. The Morgan fingerprint density at radius 2 is 1.52 bits per heavy atom. The van der Waals surface area contributed by atoms with Gasteiger partial charge in [0.25, 0.3) is 0 Å². The molecule has 0 spiro atoms. The first-order valence-corrected chi connectivity index (χ1v) is 9.60. The molecule has 0 unspecified atom stereocenters. The highest BCUT2D eigenvalue weighted by Gasteiger charge is 2.31. The molecule has 0 N–H and O–H groups in total. The number of hydrogen-bond acceptors (Lipinski definition) is 2. The standard InChI is InChI=1S/C23H25N3O/c1-25-17-14-24-22(25)20-12-15-26(16-13-20)23(27)21(18-8-4-2-5-9-18)19-10-6-3-7-11-19/h2-11,14,17,20-21H,12-13,15-16H2,1H3. The number of aryl methyl sites for hydroxylation is 1. The number of carbonyl (C=O) groups excluding carboxylic acids is 1. The lowest BCUT2D eigenvalue weighted by molar-refractivity contribution is -0.133. The summed E-state index contributed by atoms with van der Waals surface area (Å²) in [5.41, 5.74) is 2.11. The second-order valence-corrected chi connectivity index (χ2v) is 7.25. The highest BCUT2D eigenvalue weighted by atomic mass is 16.2. The van der Waals surface area contributed by atoms with Crippen molar-refractivity contribution in [3.8, 4) is 0 Å². The quantitative estimate of drug-likeness (QED) is 0.707. The van der Waals surface area contributed by atoms with E-state index in [2.05, 4.69) is 33.8 Å². The monoisotopic (exact) mass is 359 g/mol. The second kappa shape index (κ2) is 7.78. The van der Waals surface area contributed by atoms with Gasteiger partial charge in [-0.25, -0.2) is 4.98 Å². The summed E-state index contributed by atoms with van der Waals surface area (Å²) in [5, 5.41) is 0. The zero-order valence-corrected chi connectivity index (χ0v) is 15.7. The van der Waals surface area contributed by atoms with Gasteiger partial charge in [-0.15, -0.1) is 0 Å². The Morgan fingerprint density at radius 1 is 0.963 bits per heavy atom. The molecule has 2 aromatic carbocycles. The summed E-state index contributed by atoms with van der Waals surface area (Å²) in [6.07, 6.45) is 5.78. The SMILES string of the molecule is Cn1ccnc1C1CCN(C(=O)C(c2ccccc2)c2ccccc2)CC1. The lowest BCUT2D eigenvalue weighted by Gasteiger charge is -2.34. The molecule has 0 aliphatic carbocycles. The predicted octanol–water partition coefficient (Wildman–Crippen LogP) is 3.96. The van der Waals surface area contributed by atoms with Crippen molar-refractivity contribution in [2.24, 2.45) is 7.05 Å². The van der Waals surface area contributed by atoms with Crippen molar-refractivity contribution in [3.63, 3.8) is 0 Å². The van der Waals surface area contributed by atoms with Gasteiger partial charge in [-0.05, 0) is 24.0 Å². The van der Waals surface area contributed by atoms with Crippen LogP contribution in [0, 0.1) is 0 Å². The fourth-order valence-corrected chi connectivity index (χ4v) is 4.08. The Morgan fingerprint density at radius 3 is 2.00 bits per heavy atom. The summed E-state index contributed by atoms with van der Waals surface area (Å²) in [6, 6.07) is 20.2. The van der Waals surface area contributed by atoms with Crippen molar-refractivity contribution in [1.29, 1.82) is 0 Å². The molecular formula is C23H25N3O. The van der Waals surface area contributed by atoms with Crippen LogP contribution in [0.15, 0.2) is 73.1 Å². The molecule has 1 aliphatic rings. The molecule has 1 aromatic heterocycles. The Bertz CT molecular complexity index is 841. The third-order valence-electron chi connectivity index (χ3n) is 5.54. The Kier molecular flexibility index (Phi) is 5.05. The minimum atomic E-state index is -0.239. The lowest BCUT2D eigenvalue weighted by atomic mass is 9.88. The molecule has 3 aromatic rings. The van der Waals surface area contributed by atoms with Crippen LogP contribution in [0.3, 0.4) is 0 Å². The first-order chi connectivity index (χ1) is 13.2. The third-order valence-corrected chi connectivity index (χ3v) is 5.54. The first-order valence-electron chi connectivity index (χ1n) is 9.60. The molecule has 1 saturated heterocycles. The number of rotatable bonds is 4. The van der Waals surface area contributed by atoms with Crippen LogP contribution in [-0.2, 0) is 11.8 Å². The second-order valence-electron chi connectivity index (χ2n) is 7.25. The van der Waals surface area contributed by atoms with Crippen molar-refractivity contribution < 1.29 is 4.79 Å². The molecule has 2 heterocycles. The van der Waals surface area contributed by atoms with Crippen LogP contribution >= 0.6 is 0 Å². The van der Waals surface area contributed by atoms with Gasteiger partial charge < -0.3 is 9.47 Å². The van der Waals surface area contributed by atoms with Crippen LogP contribution in [0.4, 0.5) is 0 Å². The number of aromatic nitrogens is 2. The summed E-state index contributed by atoms with van der Waals surface area (Å²) in [6.45, 7) is 1.57. The number of likely N-dealkylation sites (tertiary alicyclic amines) is 1. The molecule has 0 bridgehead atoms. The van der Waals surface area contributed by atoms with E-state index in [4.69, 9.17) is 0 Å². The number of imidazole rings is 1. The zero-order valence-electron chi connectivity index (χ0n) is 15.7. The van der Waals surface area contributed by atoms with Crippen molar-refractivity contribution in [2.75, 3.05) is 13.1 Å². The molecule has 4 rings (SSSR count). The van der Waals surface area contributed by atoms with Crippen molar-refractivity contribution >= 4 is 5.91 Å². The number of nitrogens with zero attached hydrogens (tertiary/aromatic N) is 3. The van der Waals surface area contributed by atoms with Crippen LogP contribution in [0.1, 0.15) is 41.6 Å². The van der Waals surface area contributed by atoms with Crippen LogP contribution in [0.5, 0.6) is 0 Å². The summed E-state index contributed by atoms with van der Waals surface area (Å²) in [7, 11) is 2.04. The van der Waals surface area contributed by atoms with Crippen molar-refractivity contribution in [2.45, 2.75) is 24.7 Å². The number of amides is 1. The minimum absolute atomic E-state index is 0.200. The normalized spacial score (nSPS) is 15.3. The molecule has 27 heavy (non-hydrogen) atoms. The van der Waals surface area contributed by atoms with E-state index in [0.717, 1.165) is 42.9 Å². The molecule has 1 amide bonds. The molecule has 0 atom stereocenters. The Balaban J connectivity index is 1.54. The van der Waals surface area contributed by atoms with Crippen molar-refractivity contribution in [3.05, 3.63) is 90.0 Å². The highest BCUT2D eigenvalue weighted by molar-refractivity contribution is 5.87. The summed E-state index contributed by atoms with van der Waals surface area (Å²) in [5.74, 6) is 1.52. The van der Waals surface area contributed by atoms with Crippen molar-refractivity contribution in [1.82, 2.24) is 14.5 Å². The number of hydrogen-bond donors (Lipinski definition) is 0. The maximum atomic E-state index is 13.5. The summed E-state index contributed by atoms with van der Waals surface area (Å²) >= 11 is 0. The lowest BCUT2D eigenvalue weighted by Crippen LogP contribution is -2.41. The summed E-state index contributed by atoms with van der Waals surface area (Å²) in [4.78, 5) is 20.0. The van der Waals surface area contributed by atoms with Gasteiger partial charge in [-0.2, -0.15) is 0 Å². The van der Waals surface area contributed by atoms with Gasteiger partial charge >= 0.3 is 0 Å². The zero-order chi connectivity index (χ0) is 18.6. The fraction of sp³-hybridized carbons (Fsp3) is 0.304. The van der Waals surface area contributed by atoms with E-state index >= 15 is 0 Å². The third kappa shape index (κ3) is 3.65. The topological polar surface area (TPSA) is 38.1 Å². The van der Waals surface area contributed by atoms with E-state index in [-0.39, 0.29) is 11.8 Å². The van der Waals surface area contributed by atoms with E-state index in [1.807, 2.05) is 60.7 Å². The van der Waals surface area contributed by atoms with Gasteiger partial charge in [-0.1, -0.05) is 60.7 Å². The molecule has 0 saturated carbocycles. The molecular weight excluding hydrogens is 334 g/mol. The Hall–Kier alpha value is -2.88. The maximum Gasteiger partial charge on any atom is 0.234 e. The largest absolute Gasteiger partial charge is 0.342 e. The average molecular weight is 359 g/mol. The minimum Gasteiger partial charge on any atom is -0.342 e. The maximum absolute atomic E-state index is 13.5. The molecule has 1 aliphatic heterocycles. The van der Waals surface area contributed by atoms with Crippen LogP contribution < -0.4 is 0 Å². The van der Waals surface area contributed by atoms with Gasteiger partial charge in [0.05, 0.1) is 5.92 Å². The number of benzene rings is 2. The number of carbonyl (C=O) groups is 1. The van der Waals surface area contributed by atoms with E-state index < -0.39 is 0 Å². The van der Waals surface area contributed by atoms with Gasteiger partial charge in [0, 0.05) is 38.4 Å². The first kappa shape index (κ1) is 17.5. The molecule has 0 radical (unpaired) electrons. The van der Waals surface area contributed by atoms with Gasteiger partial charge in [0.15, 0.2) is 0 Å². The predicted molar refractivity (Wildman–Crippen MR) is 106 cm³/mol. The highest BCUT2D eigenvalue weighted by Crippen LogP contribution is 2.31. The van der Waals surface area contributed by atoms with E-state index in [0.29, 0.717) is 5.92 Å². The molecule has 4 nitrogen and oxygen atoms in total. The molecule has 4 heteroatoms. The van der Waals surface area contributed by atoms with Crippen LogP contribution in [0.2, 0.25) is 0 Å². The van der Waals surface area contributed by atoms with Gasteiger partial charge in [0.2, 0.25) is 5.91 Å². The van der Waals surface area contributed by atoms with Gasteiger partial charge in [-0.3, -0.25) is 4.79 Å². The van der Waals surface area contributed by atoms with E-state index in [1.165, 1.54) is 0 Å². The molecule has 1 fully saturated rings.